The fraction of sp³-hybridized carbons (Fsp3) is 0.100. The van der Waals surface area contributed by atoms with E-state index in [0.717, 1.165) is 9.85 Å². The van der Waals surface area contributed by atoms with Crippen LogP contribution in [0.3, 0.4) is 0 Å². The molecule has 18 heavy (non-hydrogen) atoms. The standard InChI is InChI=1S/C10H5BrF3NO2S/c11-8-5-15-9(18-8)16-6-2-1-3-7(4-6)17-10(12,13)14/h1-5H. The summed E-state index contributed by atoms with van der Waals surface area (Å²) in [6, 6.07) is 5.25. The highest BCUT2D eigenvalue weighted by Crippen LogP contribution is 2.32. The molecule has 2 aromatic rings. The molecule has 0 atom stereocenters. The Labute approximate surface area is 112 Å². The lowest BCUT2D eigenvalue weighted by Crippen LogP contribution is -2.16. The molecule has 8 heteroatoms. The fourth-order valence-corrected chi connectivity index (χ4v) is 2.16. The number of hydrogen-bond donors (Lipinski definition) is 0. The van der Waals surface area contributed by atoms with E-state index in [4.69, 9.17) is 4.74 Å². The van der Waals surface area contributed by atoms with E-state index in [2.05, 4.69) is 25.7 Å². The van der Waals surface area contributed by atoms with E-state index in [1.54, 1.807) is 0 Å². The lowest BCUT2D eigenvalue weighted by atomic mass is 10.3. The average Bonchev–Trinajstić information content (AvgIpc) is 2.62. The molecule has 0 aliphatic carbocycles. The number of aromatic nitrogens is 1. The molecule has 0 aliphatic rings. The summed E-state index contributed by atoms with van der Waals surface area (Å²) in [6.07, 6.45) is -3.18. The van der Waals surface area contributed by atoms with Crippen molar-refractivity contribution >= 4 is 27.3 Å². The van der Waals surface area contributed by atoms with Gasteiger partial charge in [-0.15, -0.1) is 13.2 Å². The number of benzene rings is 1. The van der Waals surface area contributed by atoms with Crippen molar-refractivity contribution in [2.45, 2.75) is 6.36 Å². The summed E-state index contributed by atoms with van der Waals surface area (Å²) in [4.78, 5) is 3.90. The lowest BCUT2D eigenvalue weighted by Gasteiger charge is -2.09. The Kier molecular flexibility index (Phi) is 3.76. The van der Waals surface area contributed by atoms with Crippen LogP contribution < -0.4 is 9.47 Å². The summed E-state index contributed by atoms with van der Waals surface area (Å²) >= 11 is 4.42. The smallest absolute Gasteiger partial charge is 0.431 e. The zero-order chi connectivity index (χ0) is 13.2. The van der Waals surface area contributed by atoms with Crippen molar-refractivity contribution in [1.29, 1.82) is 0 Å². The first kappa shape index (κ1) is 13.2. The first-order valence-electron chi connectivity index (χ1n) is 4.57. The summed E-state index contributed by atoms with van der Waals surface area (Å²) in [5, 5.41) is 0.325. The zero-order valence-electron chi connectivity index (χ0n) is 8.57. The Morgan fingerprint density at radius 2 is 1.94 bits per heavy atom. The molecular formula is C10H5BrF3NO2S. The van der Waals surface area contributed by atoms with Gasteiger partial charge in [-0.3, -0.25) is 0 Å². The van der Waals surface area contributed by atoms with Crippen LogP contribution in [0.15, 0.2) is 34.2 Å². The largest absolute Gasteiger partial charge is 0.573 e. The van der Waals surface area contributed by atoms with Gasteiger partial charge < -0.3 is 9.47 Å². The first-order valence-corrected chi connectivity index (χ1v) is 6.18. The van der Waals surface area contributed by atoms with E-state index >= 15 is 0 Å². The summed E-state index contributed by atoms with van der Waals surface area (Å²) in [7, 11) is 0. The molecule has 1 heterocycles. The molecule has 0 unspecified atom stereocenters. The SMILES string of the molecule is FC(F)(F)Oc1cccc(Oc2ncc(Br)s2)c1. The van der Waals surface area contributed by atoms with E-state index < -0.39 is 6.36 Å². The molecule has 0 aliphatic heterocycles. The molecule has 0 amide bonds. The Bertz CT molecular complexity index is 544. The minimum absolute atomic E-state index is 0.221. The number of nitrogens with zero attached hydrogens (tertiary/aromatic N) is 1. The molecule has 1 aromatic carbocycles. The normalized spacial score (nSPS) is 11.3. The van der Waals surface area contributed by atoms with Crippen LogP contribution in [0.2, 0.25) is 0 Å². The third-order valence-electron chi connectivity index (χ3n) is 1.70. The van der Waals surface area contributed by atoms with Crippen LogP contribution in [0, 0.1) is 0 Å². The molecule has 0 saturated heterocycles. The maximum absolute atomic E-state index is 12.0. The van der Waals surface area contributed by atoms with Gasteiger partial charge in [-0.1, -0.05) is 17.4 Å². The van der Waals surface area contributed by atoms with Crippen LogP contribution in [0.1, 0.15) is 0 Å². The van der Waals surface area contributed by atoms with Crippen LogP contribution in [0.25, 0.3) is 0 Å². The van der Waals surface area contributed by atoms with Crippen LogP contribution in [-0.2, 0) is 0 Å². The second kappa shape index (κ2) is 5.15. The highest BCUT2D eigenvalue weighted by Gasteiger charge is 2.31. The predicted octanol–water partition coefficient (Wildman–Crippen LogP) is 4.60. The van der Waals surface area contributed by atoms with Gasteiger partial charge in [0.25, 0.3) is 5.19 Å². The third kappa shape index (κ3) is 3.88. The second-order valence-corrected chi connectivity index (χ2v) is 5.43. The van der Waals surface area contributed by atoms with Crippen LogP contribution in [0.5, 0.6) is 16.7 Å². The van der Waals surface area contributed by atoms with E-state index in [1.165, 1.54) is 35.7 Å². The summed E-state index contributed by atoms with van der Waals surface area (Å²) < 4.78 is 45.9. The van der Waals surface area contributed by atoms with Gasteiger partial charge in [-0.2, -0.15) is 0 Å². The van der Waals surface area contributed by atoms with Gasteiger partial charge in [0, 0.05) is 6.07 Å². The van der Waals surface area contributed by atoms with Crippen LogP contribution >= 0.6 is 27.3 Å². The zero-order valence-corrected chi connectivity index (χ0v) is 11.0. The predicted molar refractivity (Wildman–Crippen MR) is 63.0 cm³/mol. The van der Waals surface area contributed by atoms with Crippen molar-refractivity contribution in [1.82, 2.24) is 4.98 Å². The Morgan fingerprint density at radius 3 is 2.56 bits per heavy atom. The number of alkyl halides is 3. The highest BCUT2D eigenvalue weighted by atomic mass is 79.9. The number of thiazole rings is 1. The molecule has 2 rings (SSSR count). The molecule has 3 nitrogen and oxygen atoms in total. The number of ether oxygens (including phenoxy) is 2. The minimum Gasteiger partial charge on any atom is -0.431 e. The third-order valence-corrected chi connectivity index (χ3v) is 3.05. The Hall–Kier alpha value is -1.28. The maximum atomic E-state index is 12.0. The fourth-order valence-electron chi connectivity index (χ4n) is 1.12. The first-order chi connectivity index (χ1) is 8.42. The summed E-state index contributed by atoms with van der Waals surface area (Å²) in [5.74, 6) is -0.116. The number of hydrogen-bond acceptors (Lipinski definition) is 4. The monoisotopic (exact) mass is 339 g/mol. The average molecular weight is 340 g/mol. The van der Waals surface area contributed by atoms with Crippen LogP contribution in [-0.4, -0.2) is 11.3 Å². The molecule has 0 N–H and O–H groups in total. The number of rotatable bonds is 3. The quantitative estimate of drug-likeness (QED) is 0.819. The van der Waals surface area contributed by atoms with E-state index in [0.29, 0.717) is 5.19 Å². The van der Waals surface area contributed by atoms with E-state index in [-0.39, 0.29) is 11.5 Å². The molecule has 0 saturated carbocycles. The molecule has 0 spiro atoms. The van der Waals surface area contributed by atoms with Gasteiger partial charge in [0.05, 0.1) is 9.98 Å². The molecule has 0 bridgehead atoms. The van der Waals surface area contributed by atoms with E-state index in [9.17, 15) is 13.2 Å². The van der Waals surface area contributed by atoms with Gasteiger partial charge >= 0.3 is 6.36 Å². The van der Waals surface area contributed by atoms with Gasteiger partial charge in [-0.25, -0.2) is 4.98 Å². The van der Waals surface area contributed by atoms with Crippen molar-refractivity contribution in [3.63, 3.8) is 0 Å². The second-order valence-electron chi connectivity index (χ2n) is 3.06. The van der Waals surface area contributed by atoms with Gasteiger partial charge in [-0.05, 0) is 28.1 Å². The summed E-state index contributed by atoms with van der Waals surface area (Å²) in [5.41, 5.74) is 0. The number of halogens is 4. The van der Waals surface area contributed by atoms with Crippen molar-refractivity contribution in [3.8, 4) is 16.7 Å². The molecule has 96 valence electrons. The van der Waals surface area contributed by atoms with Crippen molar-refractivity contribution in [2.24, 2.45) is 0 Å². The van der Waals surface area contributed by atoms with E-state index in [1.807, 2.05) is 0 Å². The molecule has 0 radical (unpaired) electrons. The van der Waals surface area contributed by atoms with Crippen LogP contribution in [0.4, 0.5) is 13.2 Å². The van der Waals surface area contributed by atoms with Crippen molar-refractivity contribution in [2.75, 3.05) is 0 Å². The molecular weight excluding hydrogens is 335 g/mol. The van der Waals surface area contributed by atoms with Gasteiger partial charge in [0.15, 0.2) is 0 Å². The highest BCUT2D eigenvalue weighted by molar-refractivity contribution is 9.11. The minimum atomic E-state index is -4.72. The Morgan fingerprint density at radius 1 is 1.22 bits per heavy atom. The maximum Gasteiger partial charge on any atom is 0.573 e. The topological polar surface area (TPSA) is 31.4 Å². The lowest BCUT2D eigenvalue weighted by molar-refractivity contribution is -0.274. The van der Waals surface area contributed by atoms with Gasteiger partial charge in [0.2, 0.25) is 0 Å². The van der Waals surface area contributed by atoms with Crippen molar-refractivity contribution < 1.29 is 22.6 Å². The van der Waals surface area contributed by atoms with Crippen molar-refractivity contribution in [3.05, 3.63) is 34.2 Å². The molecule has 1 aromatic heterocycles. The Balaban J connectivity index is 2.12. The van der Waals surface area contributed by atoms with Gasteiger partial charge in [0.1, 0.15) is 11.5 Å². The molecule has 0 fully saturated rings. The summed E-state index contributed by atoms with van der Waals surface area (Å²) in [6.45, 7) is 0.